The zero-order chi connectivity index (χ0) is 18.8. The Hall–Kier alpha value is -3.29. The van der Waals surface area contributed by atoms with E-state index in [4.69, 9.17) is 0 Å². The number of aryl methyl sites for hydroxylation is 2. The number of anilines is 1. The van der Waals surface area contributed by atoms with Crippen molar-refractivity contribution in [2.24, 2.45) is 0 Å². The Morgan fingerprint density at radius 1 is 1.04 bits per heavy atom. The van der Waals surface area contributed by atoms with E-state index in [9.17, 15) is 4.79 Å². The minimum atomic E-state index is 0.0220. The Morgan fingerprint density at radius 3 is 2.48 bits per heavy atom. The summed E-state index contributed by atoms with van der Waals surface area (Å²) in [7, 11) is 0. The standard InChI is InChI=1S/C19H21N7O/c1-14-10-15(2)26(23-14)18-11-17(21-13-22-18)24-6-8-25(9-7-24)19(27)16-4-3-5-20-12-16/h3-5,10-13H,6-9H2,1-2H3. The first-order valence-electron chi connectivity index (χ1n) is 8.92. The molecule has 0 atom stereocenters. The van der Waals surface area contributed by atoms with Crippen LogP contribution in [0.5, 0.6) is 0 Å². The topological polar surface area (TPSA) is 80.0 Å². The summed E-state index contributed by atoms with van der Waals surface area (Å²) in [5.74, 6) is 1.62. The van der Waals surface area contributed by atoms with Gasteiger partial charge in [0.1, 0.15) is 12.1 Å². The van der Waals surface area contributed by atoms with Crippen LogP contribution in [0.2, 0.25) is 0 Å². The maximum absolute atomic E-state index is 12.6. The fourth-order valence-corrected chi connectivity index (χ4v) is 3.30. The van der Waals surface area contributed by atoms with Crippen LogP contribution in [-0.4, -0.2) is 61.7 Å². The summed E-state index contributed by atoms with van der Waals surface area (Å²) in [6.07, 6.45) is 4.85. The Bertz CT molecular complexity index is 946. The van der Waals surface area contributed by atoms with Gasteiger partial charge in [-0.05, 0) is 32.0 Å². The summed E-state index contributed by atoms with van der Waals surface area (Å²) in [6, 6.07) is 7.54. The molecule has 0 aromatic carbocycles. The van der Waals surface area contributed by atoms with Gasteiger partial charge in [0.05, 0.1) is 11.3 Å². The molecule has 0 radical (unpaired) electrons. The van der Waals surface area contributed by atoms with Crippen LogP contribution < -0.4 is 4.90 Å². The molecular weight excluding hydrogens is 342 g/mol. The van der Waals surface area contributed by atoms with Crippen LogP contribution >= 0.6 is 0 Å². The molecule has 0 N–H and O–H groups in total. The third-order valence-electron chi connectivity index (χ3n) is 4.66. The Kier molecular flexibility index (Phi) is 4.53. The van der Waals surface area contributed by atoms with Crippen molar-refractivity contribution in [3.8, 4) is 5.82 Å². The minimum absolute atomic E-state index is 0.0220. The second kappa shape index (κ2) is 7.14. The van der Waals surface area contributed by atoms with Crippen LogP contribution in [0.15, 0.2) is 43.0 Å². The number of hydrogen-bond donors (Lipinski definition) is 0. The minimum Gasteiger partial charge on any atom is -0.353 e. The van der Waals surface area contributed by atoms with Crippen molar-refractivity contribution in [3.05, 3.63) is 59.9 Å². The van der Waals surface area contributed by atoms with Crippen LogP contribution in [0, 0.1) is 13.8 Å². The largest absolute Gasteiger partial charge is 0.353 e. The van der Waals surface area contributed by atoms with Crippen LogP contribution in [0.1, 0.15) is 21.7 Å². The number of hydrogen-bond acceptors (Lipinski definition) is 6. The molecule has 1 amide bonds. The molecule has 1 fully saturated rings. The molecule has 3 aromatic heterocycles. The lowest BCUT2D eigenvalue weighted by molar-refractivity contribution is 0.0746. The van der Waals surface area contributed by atoms with Crippen molar-refractivity contribution >= 4 is 11.7 Å². The molecule has 1 aliphatic heterocycles. The fraction of sp³-hybridized carbons (Fsp3) is 0.316. The highest BCUT2D eigenvalue weighted by molar-refractivity contribution is 5.94. The SMILES string of the molecule is Cc1cc(C)n(-c2cc(N3CCN(C(=O)c4cccnc4)CC3)ncn2)n1. The van der Waals surface area contributed by atoms with Crippen molar-refractivity contribution in [1.29, 1.82) is 0 Å². The molecule has 4 heterocycles. The third-order valence-corrected chi connectivity index (χ3v) is 4.66. The molecule has 0 unspecified atom stereocenters. The first-order chi connectivity index (χ1) is 13.1. The van der Waals surface area contributed by atoms with Crippen LogP contribution in [0.25, 0.3) is 5.82 Å². The van der Waals surface area contributed by atoms with E-state index in [1.165, 1.54) is 0 Å². The first-order valence-corrected chi connectivity index (χ1v) is 8.92. The molecule has 0 spiro atoms. The van der Waals surface area contributed by atoms with Gasteiger partial charge in [-0.3, -0.25) is 9.78 Å². The average Bonchev–Trinajstić information content (AvgIpc) is 3.06. The first kappa shape index (κ1) is 17.1. The van der Waals surface area contributed by atoms with Gasteiger partial charge in [-0.25, -0.2) is 14.6 Å². The van der Waals surface area contributed by atoms with E-state index in [0.717, 1.165) is 36.1 Å². The van der Waals surface area contributed by atoms with E-state index in [-0.39, 0.29) is 5.91 Å². The molecule has 27 heavy (non-hydrogen) atoms. The number of nitrogens with zero attached hydrogens (tertiary/aromatic N) is 7. The highest BCUT2D eigenvalue weighted by Gasteiger charge is 2.23. The van der Waals surface area contributed by atoms with Crippen LogP contribution in [0.3, 0.4) is 0 Å². The number of carbonyl (C=O) groups excluding carboxylic acids is 1. The molecule has 4 rings (SSSR count). The Labute approximate surface area is 157 Å². The molecule has 138 valence electrons. The number of carbonyl (C=O) groups is 1. The number of aromatic nitrogens is 5. The van der Waals surface area contributed by atoms with Crippen molar-refractivity contribution in [3.63, 3.8) is 0 Å². The lowest BCUT2D eigenvalue weighted by Crippen LogP contribution is -2.49. The van der Waals surface area contributed by atoms with E-state index >= 15 is 0 Å². The molecular formula is C19H21N7O. The number of amides is 1. The van der Waals surface area contributed by atoms with Gasteiger partial charge >= 0.3 is 0 Å². The highest BCUT2D eigenvalue weighted by atomic mass is 16.2. The summed E-state index contributed by atoms with van der Waals surface area (Å²) in [5, 5.41) is 4.48. The van der Waals surface area contributed by atoms with Gasteiger partial charge in [0.15, 0.2) is 5.82 Å². The summed E-state index contributed by atoms with van der Waals surface area (Å²) in [6.45, 7) is 6.70. The predicted molar refractivity (Wildman–Crippen MR) is 101 cm³/mol. The zero-order valence-corrected chi connectivity index (χ0v) is 15.4. The second-order valence-corrected chi connectivity index (χ2v) is 6.59. The van der Waals surface area contributed by atoms with Gasteiger partial charge in [-0.15, -0.1) is 0 Å². The van der Waals surface area contributed by atoms with E-state index in [1.807, 2.05) is 35.6 Å². The van der Waals surface area contributed by atoms with Gasteiger partial charge in [0, 0.05) is 50.3 Å². The van der Waals surface area contributed by atoms with Crippen LogP contribution in [0.4, 0.5) is 5.82 Å². The van der Waals surface area contributed by atoms with Crippen LogP contribution in [-0.2, 0) is 0 Å². The second-order valence-electron chi connectivity index (χ2n) is 6.59. The fourth-order valence-electron chi connectivity index (χ4n) is 3.30. The smallest absolute Gasteiger partial charge is 0.255 e. The quantitative estimate of drug-likeness (QED) is 0.704. The Morgan fingerprint density at radius 2 is 1.81 bits per heavy atom. The molecule has 8 nitrogen and oxygen atoms in total. The zero-order valence-electron chi connectivity index (χ0n) is 15.4. The summed E-state index contributed by atoms with van der Waals surface area (Å²) < 4.78 is 1.82. The number of pyridine rings is 1. The van der Waals surface area contributed by atoms with Gasteiger partial charge < -0.3 is 9.80 Å². The average molecular weight is 363 g/mol. The van der Waals surface area contributed by atoms with Gasteiger partial charge in [-0.2, -0.15) is 5.10 Å². The normalized spacial score (nSPS) is 14.4. The molecule has 1 aliphatic rings. The maximum Gasteiger partial charge on any atom is 0.255 e. The van der Waals surface area contributed by atoms with Gasteiger partial charge in [0.2, 0.25) is 0 Å². The lowest BCUT2D eigenvalue weighted by Gasteiger charge is -2.35. The highest BCUT2D eigenvalue weighted by Crippen LogP contribution is 2.18. The number of piperazine rings is 1. The lowest BCUT2D eigenvalue weighted by atomic mass is 10.2. The molecule has 1 saturated heterocycles. The van der Waals surface area contributed by atoms with E-state index < -0.39 is 0 Å². The van der Waals surface area contributed by atoms with Gasteiger partial charge in [0.25, 0.3) is 5.91 Å². The van der Waals surface area contributed by atoms with E-state index in [0.29, 0.717) is 18.7 Å². The molecule has 0 saturated carbocycles. The Balaban J connectivity index is 1.46. The molecule has 0 aliphatic carbocycles. The van der Waals surface area contributed by atoms with Crippen molar-refractivity contribution < 1.29 is 4.79 Å². The number of rotatable bonds is 3. The van der Waals surface area contributed by atoms with E-state index in [2.05, 4.69) is 25.0 Å². The molecule has 8 heteroatoms. The third kappa shape index (κ3) is 3.51. The van der Waals surface area contributed by atoms with Crippen molar-refractivity contribution in [2.75, 3.05) is 31.1 Å². The van der Waals surface area contributed by atoms with Gasteiger partial charge in [-0.1, -0.05) is 0 Å². The van der Waals surface area contributed by atoms with Crippen molar-refractivity contribution in [1.82, 2.24) is 29.6 Å². The summed E-state index contributed by atoms with van der Waals surface area (Å²) in [4.78, 5) is 29.4. The summed E-state index contributed by atoms with van der Waals surface area (Å²) in [5.41, 5.74) is 2.61. The predicted octanol–water partition coefficient (Wildman–Crippen LogP) is 1.64. The monoisotopic (exact) mass is 363 g/mol. The molecule has 0 bridgehead atoms. The van der Waals surface area contributed by atoms with E-state index in [1.54, 1.807) is 30.9 Å². The molecule has 3 aromatic rings. The van der Waals surface area contributed by atoms with Crippen molar-refractivity contribution in [2.45, 2.75) is 13.8 Å². The maximum atomic E-state index is 12.6. The summed E-state index contributed by atoms with van der Waals surface area (Å²) >= 11 is 0.